The van der Waals surface area contributed by atoms with Crippen molar-refractivity contribution in [2.45, 2.75) is 20.0 Å². The van der Waals surface area contributed by atoms with Crippen LogP contribution in [-0.2, 0) is 13.1 Å². The molecule has 0 fully saturated rings. The highest BCUT2D eigenvalue weighted by atomic mass is 35.5. The Morgan fingerprint density at radius 3 is 2.50 bits per heavy atom. The first kappa shape index (κ1) is 20.1. The Morgan fingerprint density at radius 2 is 1.70 bits per heavy atom. The number of aryl methyl sites for hydroxylation is 1. The SMILES string of the molecule is Cc1ccccc1-n1nc(-c2c(-c3ccccc3)nn3c2CNCC3)ccc1=O.Cl. The molecular weight excluding hydrogens is 398 g/mol. The van der Waals surface area contributed by atoms with Gasteiger partial charge in [0.05, 0.1) is 29.2 Å². The van der Waals surface area contributed by atoms with Gasteiger partial charge in [-0.3, -0.25) is 9.48 Å². The second-order valence-electron chi connectivity index (χ2n) is 7.19. The normalized spacial score (nSPS) is 12.8. The summed E-state index contributed by atoms with van der Waals surface area (Å²) in [5.74, 6) is 0. The molecule has 1 aliphatic heterocycles. The summed E-state index contributed by atoms with van der Waals surface area (Å²) in [5, 5.41) is 13.1. The molecular formula is C23H22ClN5O. The van der Waals surface area contributed by atoms with Crippen LogP contribution in [0.25, 0.3) is 28.2 Å². The lowest BCUT2D eigenvalue weighted by Gasteiger charge is -2.16. The number of nitrogens with one attached hydrogen (secondary N) is 1. The minimum atomic E-state index is -0.150. The van der Waals surface area contributed by atoms with Gasteiger partial charge in [-0.2, -0.15) is 14.9 Å². The monoisotopic (exact) mass is 419 g/mol. The van der Waals surface area contributed by atoms with Crippen LogP contribution in [0.5, 0.6) is 0 Å². The highest BCUT2D eigenvalue weighted by molar-refractivity contribution is 5.85. The van der Waals surface area contributed by atoms with Crippen LogP contribution in [0.1, 0.15) is 11.3 Å². The van der Waals surface area contributed by atoms with E-state index in [9.17, 15) is 4.79 Å². The number of benzene rings is 2. The van der Waals surface area contributed by atoms with E-state index in [0.29, 0.717) is 0 Å². The summed E-state index contributed by atoms with van der Waals surface area (Å²) in [6.07, 6.45) is 0. The maximum atomic E-state index is 12.6. The van der Waals surface area contributed by atoms with Crippen molar-refractivity contribution >= 4 is 12.4 Å². The van der Waals surface area contributed by atoms with Crippen LogP contribution in [-0.4, -0.2) is 26.1 Å². The number of hydrogen-bond acceptors (Lipinski definition) is 4. The number of para-hydroxylation sites is 1. The number of nitrogens with zero attached hydrogens (tertiary/aromatic N) is 4. The molecule has 5 rings (SSSR count). The van der Waals surface area contributed by atoms with E-state index in [1.54, 1.807) is 12.1 Å². The lowest BCUT2D eigenvalue weighted by molar-refractivity contribution is 0.477. The maximum Gasteiger partial charge on any atom is 0.271 e. The lowest BCUT2D eigenvalue weighted by atomic mass is 10.0. The Bertz CT molecular complexity index is 1250. The van der Waals surface area contributed by atoms with Crippen LogP contribution in [0, 0.1) is 6.92 Å². The topological polar surface area (TPSA) is 64.7 Å². The molecule has 7 heteroatoms. The molecule has 152 valence electrons. The Kier molecular flexibility index (Phi) is 5.53. The zero-order valence-electron chi connectivity index (χ0n) is 16.6. The molecule has 0 radical (unpaired) electrons. The van der Waals surface area contributed by atoms with Gasteiger partial charge >= 0.3 is 0 Å². The van der Waals surface area contributed by atoms with Crippen LogP contribution < -0.4 is 10.9 Å². The standard InChI is InChI=1S/C23H21N5O.ClH/c1-16-7-5-6-10-19(16)28-21(29)12-11-18(25-28)22-20-15-24-13-14-27(20)26-23(22)17-8-3-2-4-9-17;/h2-12,24H,13-15H2,1H3;1H. The molecule has 0 amide bonds. The summed E-state index contributed by atoms with van der Waals surface area (Å²) in [6.45, 7) is 4.41. The maximum absolute atomic E-state index is 12.6. The van der Waals surface area contributed by atoms with Crippen molar-refractivity contribution in [3.8, 4) is 28.2 Å². The number of hydrogen-bond donors (Lipinski definition) is 1. The first-order chi connectivity index (χ1) is 14.2. The van der Waals surface area contributed by atoms with E-state index in [1.807, 2.05) is 49.4 Å². The van der Waals surface area contributed by atoms with Gasteiger partial charge in [-0.25, -0.2) is 0 Å². The molecule has 0 saturated heterocycles. The predicted octanol–water partition coefficient (Wildman–Crippen LogP) is 3.60. The molecule has 2 aromatic heterocycles. The molecule has 0 aliphatic carbocycles. The zero-order chi connectivity index (χ0) is 19.8. The molecule has 0 atom stereocenters. The van der Waals surface area contributed by atoms with Gasteiger partial charge in [0.1, 0.15) is 5.69 Å². The Morgan fingerprint density at radius 1 is 0.933 bits per heavy atom. The third kappa shape index (κ3) is 3.44. The molecule has 6 nitrogen and oxygen atoms in total. The van der Waals surface area contributed by atoms with E-state index >= 15 is 0 Å². The molecule has 1 N–H and O–H groups in total. The van der Waals surface area contributed by atoms with Crippen molar-refractivity contribution in [3.63, 3.8) is 0 Å². The van der Waals surface area contributed by atoms with Crippen molar-refractivity contribution in [2.24, 2.45) is 0 Å². The van der Waals surface area contributed by atoms with E-state index in [0.717, 1.165) is 59.1 Å². The van der Waals surface area contributed by atoms with Crippen LogP contribution in [0.15, 0.2) is 71.5 Å². The third-order valence-corrected chi connectivity index (χ3v) is 5.30. The second kappa shape index (κ2) is 8.26. The summed E-state index contributed by atoms with van der Waals surface area (Å²) in [5.41, 5.74) is 6.40. The number of rotatable bonds is 3. The summed E-state index contributed by atoms with van der Waals surface area (Å²) < 4.78 is 3.54. The van der Waals surface area contributed by atoms with Crippen LogP contribution in [0.4, 0.5) is 0 Å². The van der Waals surface area contributed by atoms with E-state index in [2.05, 4.69) is 22.1 Å². The summed E-state index contributed by atoms with van der Waals surface area (Å²) in [4.78, 5) is 12.6. The fourth-order valence-corrected chi connectivity index (χ4v) is 3.84. The summed E-state index contributed by atoms with van der Waals surface area (Å²) >= 11 is 0. The fourth-order valence-electron chi connectivity index (χ4n) is 3.84. The van der Waals surface area contributed by atoms with Gasteiger partial charge in [-0.1, -0.05) is 48.5 Å². The van der Waals surface area contributed by atoms with Crippen molar-refractivity contribution < 1.29 is 0 Å². The van der Waals surface area contributed by atoms with E-state index in [4.69, 9.17) is 10.2 Å². The van der Waals surface area contributed by atoms with Gasteiger partial charge in [-0.05, 0) is 24.6 Å². The average Bonchev–Trinajstić information content (AvgIpc) is 3.15. The predicted molar refractivity (Wildman–Crippen MR) is 120 cm³/mol. The summed E-state index contributed by atoms with van der Waals surface area (Å²) in [7, 11) is 0. The summed E-state index contributed by atoms with van der Waals surface area (Å²) in [6, 6.07) is 21.3. The first-order valence-corrected chi connectivity index (χ1v) is 9.75. The number of fused-ring (bicyclic) bond motifs is 1. The van der Waals surface area contributed by atoms with Crippen LogP contribution >= 0.6 is 12.4 Å². The van der Waals surface area contributed by atoms with Crippen molar-refractivity contribution in [2.75, 3.05) is 6.54 Å². The second-order valence-corrected chi connectivity index (χ2v) is 7.19. The van der Waals surface area contributed by atoms with E-state index < -0.39 is 0 Å². The van der Waals surface area contributed by atoms with Gasteiger partial charge in [-0.15, -0.1) is 12.4 Å². The Hall–Kier alpha value is -3.22. The van der Waals surface area contributed by atoms with Gasteiger partial charge in [0.2, 0.25) is 0 Å². The zero-order valence-corrected chi connectivity index (χ0v) is 17.4. The van der Waals surface area contributed by atoms with Crippen LogP contribution in [0.2, 0.25) is 0 Å². The van der Waals surface area contributed by atoms with Crippen molar-refractivity contribution in [1.82, 2.24) is 24.9 Å². The number of halogens is 1. The smallest absolute Gasteiger partial charge is 0.271 e. The van der Waals surface area contributed by atoms with Gasteiger partial charge < -0.3 is 5.32 Å². The highest BCUT2D eigenvalue weighted by Gasteiger charge is 2.24. The van der Waals surface area contributed by atoms with E-state index in [1.165, 1.54) is 4.68 Å². The quantitative estimate of drug-likeness (QED) is 0.551. The van der Waals surface area contributed by atoms with Gasteiger partial charge in [0, 0.05) is 24.7 Å². The van der Waals surface area contributed by atoms with Gasteiger partial charge in [0.15, 0.2) is 0 Å². The van der Waals surface area contributed by atoms with Crippen LogP contribution in [0.3, 0.4) is 0 Å². The molecule has 0 unspecified atom stereocenters. The highest BCUT2D eigenvalue weighted by Crippen LogP contribution is 2.34. The molecule has 0 saturated carbocycles. The fraction of sp³-hybridized carbons (Fsp3) is 0.174. The molecule has 3 heterocycles. The Labute approximate surface area is 180 Å². The molecule has 30 heavy (non-hydrogen) atoms. The molecule has 0 bridgehead atoms. The molecule has 4 aromatic rings. The molecule has 1 aliphatic rings. The lowest BCUT2D eigenvalue weighted by Crippen LogP contribution is -2.28. The molecule has 2 aromatic carbocycles. The first-order valence-electron chi connectivity index (χ1n) is 9.75. The average molecular weight is 420 g/mol. The number of aromatic nitrogens is 4. The third-order valence-electron chi connectivity index (χ3n) is 5.30. The Balaban J connectivity index is 0.00000218. The van der Waals surface area contributed by atoms with E-state index in [-0.39, 0.29) is 18.0 Å². The minimum Gasteiger partial charge on any atom is -0.309 e. The van der Waals surface area contributed by atoms with Crippen molar-refractivity contribution in [3.05, 3.63) is 88.3 Å². The minimum absolute atomic E-state index is 0. The van der Waals surface area contributed by atoms with Gasteiger partial charge in [0.25, 0.3) is 5.56 Å². The molecule has 0 spiro atoms. The largest absolute Gasteiger partial charge is 0.309 e. The van der Waals surface area contributed by atoms with Crippen molar-refractivity contribution in [1.29, 1.82) is 0 Å².